The second kappa shape index (κ2) is 6.92. The van der Waals surface area contributed by atoms with E-state index in [0.717, 1.165) is 31.5 Å². The fourth-order valence-corrected chi connectivity index (χ4v) is 3.51. The molecule has 1 N–H and O–H groups in total. The molecule has 0 aliphatic rings. The van der Waals surface area contributed by atoms with Crippen molar-refractivity contribution in [3.63, 3.8) is 0 Å². The highest BCUT2D eigenvalue weighted by atomic mass is 127. The Kier molecular flexibility index (Phi) is 4.46. The summed E-state index contributed by atoms with van der Waals surface area (Å²) in [6.45, 7) is 1.99. The average molecular weight is 454 g/mol. The average Bonchev–Trinajstić information content (AvgIpc) is 3.07. The van der Waals surface area contributed by atoms with Crippen molar-refractivity contribution < 1.29 is 9.52 Å². The third-order valence-electron chi connectivity index (χ3n) is 3.98. The minimum absolute atomic E-state index is 0.244. The van der Waals surface area contributed by atoms with Gasteiger partial charge in [-0.05, 0) is 77.5 Å². The van der Waals surface area contributed by atoms with Crippen LogP contribution < -0.4 is 0 Å². The van der Waals surface area contributed by atoms with Crippen LogP contribution in [0.2, 0.25) is 0 Å². The van der Waals surface area contributed by atoms with Gasteiger partial charge in [-0.25, -0.2) is 4.98 Å². The number of oxazole rings is 1. The standard InChI is InChI=1S/C21H15IN2O2/c1-13-9-15(20(25)17(22)10-13)12-23-16-7-8-19-18(11-16)24-21(26-19)14-5-3-2-4-6-14/h2-12,25H,1H3. The number of benzene rings is 3. The summed E-state index contributed by atoms with van der Waals surface area (Å²) in [6, 6.07) is 19.2. The molecule has 1 heterocycles. The number of aliphatic imine (C=N–C) groups is 1. The molecule has 0 unspecified atom stereocenters. The molecular formula is C21H15IN2O2. The highest BCUT2D eigenvalue weighted by Crippen LogP contribution is 2.28. The molecule has 0 amide bonds. The highest BCUT2D eigenvalue weighted by Gasteiger charge is 2.08. The van der Waals surface area contributed by atoms with Crippen molar-refractivity contribution in [1.29, 1.82) is 0 Å². The summed E-state index contributed by atoms with van der Waals surface area (Å²) >= 11 is 2.12. The summed E-state index contributed by atoms with van der Waals surface area (Å²) in [6.07, 6.45) is 1.67. The van der Waals surface area contributed by atoms with Crippen LogP contribution in [0.25, 0.3) is 22.6 Å². The van der Waals surface area contributed by atoms with E-state index >= 15 is 0 Å². The Morgan fingerprint density at radius 1 is 1.08 bits per heavy atom. The molecule has 4 aromatic rings. The molecule has 1 aromatic heterocycles. The molecule has 0 saturated carbocycles. The van der Waals surface area contributed by atoms with Crippen LogP contribution in [0.4, 0.5) is 5.69 Å². The van der Waals surface area contributed by atoms with E-state index in [4.69, 9.17) is 4.42 Å². The van der Waals surface area contributed by atoms with Crippen LogP contribution in [0.3, 0.4) is 0 Å². The van der Waals surface area contributed by atoms with E-state index in [1.54, 1.807) is 6.21 Å². The first-order valence-corrected chi connectivity index (χ1v) is 9.17. The summed E-state index contributed by atoms with van der Waals surface area (Å²) in [4.78, 5) is 9.03. The molecule has 0 fully saturated rings. The van der Waals surface area contributed by atoms with Crippen molar-refractivity contribution in [3.8, 4) is 17.2 Å². The van der Waals surface area contributed by atoms with Crippen molar-refractivity contribution in [3.05, 3.63) is 75.4 Å². The number of aromatic hydroxyl groups is 1. The fraction of sp³-hybridized carbons (Fsp3) is 0.0476. The Bertz CT molecular complexity index is 1120. The van der Waals surface area contributed by atoms with Crippen LogP contribution >= 0.6 is 22.6 Å². The summed E-state index contributed by atoms with van der Waals surface area (Å²) in [5, 5.41) is 10.2. The lowest BCUT2D eigenvalue weighted by molar-refractivity contribution is 0.470. The van der Waals surface area contributed by atoms with Gasteiger partial charge in [0.1, 0.15) is 11.3 Å². The first-order chi connectivity index (χ1) is 12.6. The topological polar surface area (TPSA) is 58.6 Å². The molecule has 4 nitrogen and oxygen atoms in total. The van der Waals surface area contributed by atoms with Gasteiger partial charge in [-0.15, -0.1) is 0 Å². The van der Waals surface area contributed by atoms with Gasteiger partial charge in [-0.3, -0.25) is 4.99 Å². The number of halogens is 1. The third-order valence-corrected chi connectivity index (χ3v) is 4.80. The van der Waals surface area contributed by atoms with E-state index in [9.17, 15) is 5.11 Å². The minimum Gasteiger partial charge on any atom is -0.506 e. The lowest BCUT2D eigenvalue weighted by Gasteiger charge is -2.03. The molecule has 5 heteroatoms. The maximum atomic E-state index is 10.2. The molecule has 0 aliphatic heterocycles. The van der Waals surface area contributed by atoms with Gasteiger partial charge in [0.15, 0.2) is 5.58 Å². The van der Waals surface area contributed by atoms with E-state index in [1.807, 2.05) is 67.6 Å². The molecule has 0 saturated heterocycles. The van der Waals surface area contributed by atoms with Crippen molar-refractivity contribution >= 4 is 45.6 Å². The van der Waals surface area contributed by atoms with Gasteiger partial charge in [-0.1, -0.05) is 18.2 Å². The number of fused-ring (bicyclic) bond motifs is 1. The minimum atomic E-state index is 0.244. The highest BCUT2D eigenvalue weighted by molar-refractivity contribution is 14.1. The molecule has 4 rings (SSSR count). The van der Waals surface area contributed by atoms with Gasteiger partial charge in [0.05, 0.1) is 9.26 Å². The lowest BCUT2D eigenvalue weighted by Crippen LogP contribution is -1.87. The number of phenolic OH excluding ortho intramolecular Hbond substituents is 1. The third kappa shape index (κ3) is 3.35. The van der Waals surface area contributed by atoms with E-state index in [-0.39, 0.29) is 5.75 Å². The number of aromatic nitrogens is 1. The molecule has 0 spiro atoms. The monoisotopic (exact) mass is 454 g/mol. The van der Waals surface area contributed by atoms with Crippen LogP contribution in [-0.4, -0.2) is 16.3 Å². The van der Waals surface area contributed by atoms with Crippen molar-refractivity contribution in [2.75, 3.05) is 0 Å². The van der Waals surface area contributed by atoms with Gasteiger partial charge in [0.2, 0.25) is 5.89 Å². The van der Waals surface area contributed by atoms with E-state index in [1.165, 1.54) is 0 Å². The SMILES string of the molecule is Cc1cc(I)c(O)c(C=Nc2ccc3oc(-c4ccccc4)nc3c2)c1. The van der Waals surface area contributed by atoms with Gasteiger partial charge >= 0.3 is 0 Å². The Hall–Kier alpha value is -2.67. The van der Waals surface area contributed by atoms with Gasteiger partial charge < -0.3 is 9.52 Å². The molecular weight excluding hydrogens is 439 g/mol. The number of hydrogen-bond donors (Lipinski definition) is 1. The van der Waals surface area contributed by atoms with Crippen LogP contribution in [0.1, 0.15) is 11.1 Å². The predicted octanol–water partition coefficient (Wildman–Crippen LogP) is 5.86. The van der Waals surface area contributed by atoms with Crippen LogP contribution in [-0.2, 0) is 0 Å². The number of phenols is 1. The van der Waals surface area contributed by atoms with Crippen LogP contribution in [0, 0.1) is 10.5 Å². The van der Waals surface area contributed by atoms with Crippen molar-refractivity contribution in [2.24, 2.45) is 4.99 Å². The molecule has 128 valence electrons. The molecule has 0 bridgehead atoms. The fourth-order valence-electron chi connectivity index (χ4n) is 2.70. The molecule has 3 aromatic carbocycles. The van der Waals surface area contributed by atoms with E-state index in [0.29, 0.717) is 11.5 Å². The predicted molar refractivity (Wildman–Crippen MR) is 112 cm³/mol. The summed E-state index contributed by atoms with van der Waals surface area (Å²) in [7, 11) is 0. The van der Waals surface area contributed by atoms with Crippen LogP contribution in [0.15, 0.2) is 70.1 Å². The zero-order chi connectivity index (χ0) is 18.1. The molecule has 0 atom stereocenters. The van der Waals surface area contributed by atoms with E-state index in [2.05, 4.69) is 32.6 Å². The number of rotatable bonds is 3. The van der Waals surface area contributed by atoms with Gasteiger partial charge in [-0.2, -0.15) is 0 Å². The Balaban J connectivity index is 1.68. The number of aryl methyl sites for hydroxylation is 1. The molecule has 0 radical (unpaired) electrons. The Morgan fingerprint density at radius 3 is 2.69 bits per heavy atom. The number of nitrogens with zero attached hydrogens (tertiary/aromatic N) is 2. The zero-order valence-corrected chi connectivity index (χ0v) is 16.1. The maximum absolute atomic E-state index is 10.2. The quantitative estimate of drug-likeness (QED) is 0.312. The zero-order valence-electron chi connectivity index (χ0n) is 14.0. The van der Waals surface area contributed by atoms with Crippen LogP contribution in [0.5, 0.6) is 5.75 Å². The first kappa shape index (κ1) is 16.8. The van der Waals surface area contributed by atoms with E-state index < -0.39 is 0 Å². The number of hydrogen-bond acceptors (Lipinski definition) is 4. The Labute approximate surface area is 164 Å². The van der Waals surface area contributed by atoms with Gasteiger partial charge in [0.25, 0.3) is 0 Å². The summed E-state index contributed by atoms with van der Waals surface area (Å²) in [5.74, 6) is 0.835. The second-order valence-electron chi connectivity index (χ2n) is 5.98. The summed E-state index contributed by atoms with van der Waals surface area (Å²) in [5.41, 5.74) is 4.93. The van der Waals surface area contributed by atoms with Crippen molar-refractivity contribution in [1.82, 2.24) is 4.98 Å². The lowest BCUT2D eigenvalue weighted by atomic mass is 10.1. The first-order valence-electron chi connectivity index (χ1n) is 8.09. The summed E-state index contributed by atoms with van der Waals surface area (Å²) < 4.78 is 6.63. The van der Waals surface area contributed by atoms with Crippen molar-refractivity contribution in [2.45, 2.75) is 6.92 Å². The maximum Gasteiger partial charge on any atom is 0.227 e. The molecule has 26 heavy (non-hydrogen) atoms. The normalized spacial score (nSPS) is 11.5. The largest absolute Gasteiger partial charge is 0.506 e. The second-order valence-corrected chi connectivity index (χ2v) is 7.14. The van der Waals surface area contributed by atoms with Gasteiger partial charge in [0, 0.05) is 17.3 Å². The smallest absolute Gasteiger partial charge is 0.227 e. The Morgan fingerprint density at radius 2 is 1.88 bits per heavy atom. The molecule has 0 aliphatic carbocycles.